The van der Waals surface area contributed by atoms with Gasteiger partial charge < -0.3 is 36.2 Å². The zero-order valence-corrected chi connectivity index (χ0v) is 25.4. The first-order chi connectivity index (χ1) is 16.8. The van der Waals surface area contributed by atoms with E-state index in [1.807, 2.05) is 0 Å². The van der Waals surface area contributed by atoms with Crippen LogP contribution in [0.3, 0.4) is 0 Å². The molecule has 12 nitrogen and oxygen atoms in total. The number of hydrogen-bond donors (Lipinski definition) is 0. The molecule has 1 aliphatic carbocycles. The van der Waals surface area contributed by atoms with Crippen molar-refractivity contribution in [1.29, 1.82) is 0 Å². The largest absolute Gasteiger partial charge is 0.334 e. The fourth-order valence-corrected chi connectivity index (χ4v) is 7.63. The normalized spacial score (nSPS) is 21.8. The van der Waals surface area contributed by atoms with Gasteiger partial charge in [-0.25, -0.2) is 0 Å². The summed E-state index contributed by atoms with van der Waals surface area (Å²) < 4.78 is 92.6. The Hall–Kier alpha value is -0.440. The maximum atomic E-state index is 13.0. The van der Waals surface area contributed by atoms with Gasteiger partial charge in [-0.05, 0) is 22.3 Å². The number of rotatable bonds is 16. The van der Waals surface area contributed by atoms with E-state index in [1.165, 1.54) is 56.9 Å². The third kappa shape index (κ3) is 9.39. The van der Waals surface area contributed by atoms with Crippen LogP contribution in [0.1, 0.15) is 0 Å². The highest BCUT2D eigenvalue weighted by Crippen LogP contribution is 2.54. The Kier molecular flexibility index (Phi) is 13.7. The molecular formula is C20H36O12P4. The molecule has 0 atom stereocenters. The minimum Gasteiger partial charge on any atom is -0.312 e. The average Bonchev–Trinajstić information content (AvgIpc) is 2.90. The van der Waals surface area contributed by atoms with Crippen LogP contribution in [0.5, 0.6) is 0 Å². The molecule has 0 saturated carbocycles. The fraction of sp³-hybridized carbons (Fsp3) is 0.600. The summed E-state index contributed by atoms with van der Waals surface area (Å²) in [7, 11) is -4.16. The average molecular weight is 592 g/mol. The maximum Gasteiger partial charge on any atom is 0.334 e. The van der Waals surface area contributed by atoms with E-state index in [1.54, 1.807) is 24.3 Å². The molecule has 0 aromatic carbocycles. The molecule has 0 saturated heterocycles. The lowest BCUT2D eigenvalue weighted by Gasteiger charge is -2.22. The first kappa shape index (κ1) is 33.6. The van der Waals surface area contributed by atoms with Gasteiger partial charge in [0.1, 0.15) is 0 Å². The van der Waals surface area contributed by atoms with E-state index >= 15 is 0 Å². The third-order valence-corrected chi connectivity index (χ3v) is 12.8. The van der Waals surface area contributed by atoms with Gasteiger partial charge in [0.15, 0.2) is 0 Å². The molecule has 208 valence electrons. The summed E-state index contributed by atoms with van der Waals surface area (Å²) in [6, 6.07) is 0. The monoisotopic (exact) mass is 592 g/mol. The Bertz CT molecular complexity index is 879. The van der Waals surface area contributed by atoms with Gasteiger partial charge in [0.05, 0.1) is 24.6 Å². The first-order valence-corrected chi connectivity index (χ1v) is 17.4. The van der Waals surface area contributed by atoms with Gasteiger partial charge in [-0.2, -0.15) is 0 Å². The lowest BCUT2D eigenvalue weighted by atomic mass is 10.0. The van der Waals surface area contributed by atoms with Crippen molar-refractivity contribution in [2.75, 3.05) is 81.5 Å². The van der Waals surface area contributed by atoms with E-state index in [-0.39, 0.29) is 24.6 Å². The van der Waals surface area contributed by atoms with Crippen molar-refractivity contribution in [3.05, 3.63) is 46.6 Å². The molecule has 0 N–H and O–H groups in total. The van der Waals surface area contributed by atoms with E-state index in [4.69, 9.17) is 36.2 Å². The van der Waals surface area contributed by atoms with Gasteiger partial charge in [-0.15, -0.1) is 0 Å². The molecule has 0 unspecified atom stereocenters. The molecule has 0 aromatic heterocycles. The molecule has 0 radical (unpaired) electrons. The van der Waals surface area contributed by atoms with Gasteiger partial charge in [0, 0.05) is 56.9 Å². The quantitative estimate of drug-likeness (QED) is 0.204. The highest BCUT2D eigenvalue weighted by atomic mass is 31.2. The molecule has 0 fully saturated rings. The standard InChI is InChI=1S/C20H36O12P4/c1-25-33(21,26-2)13-17-9-10-19(15-35(23,29-5)30-6)20(16-36(24,31-7)32-8)12-11-18(17)14-34(22,27-3)28-4/h9-12H,13-16H2,1-8H3/b10-9-,12-11+,17-9?,18-11?,18-17-,19-10?,20-12?,20-19+. The van der Waals surface area contributed by atoms with Crippen LogP contribution >= 0.6 is 30.4 Å². The van der Waals surface area contributed by atoms with Crippen molar-refractivity contribution in [2.24, 2.45) is 0 Å². The molecule has 0 aliphatic heterocycles. The van der Waals surface area contributed by atoms with Gasteiger partial charge >= 0.3 is 30.4 Å². The minimum atomic E-state index is -3.55. The second kappa shape index (κ2) is 14.6. The van der Waals surface area contributed by atoms with Crippen molar-refractivity contribution in [3.63, 3.8) is 0 Å². The fourth-order valence-electron chi connectivity index (χ4n) is 3.10. The molecule has 16 heteroatoms. The molecule has 0 aromatic rings. The smallest absolute Gasteiger partial charge is 0.312 e. The molecular weight excluding hydrogens is 556 g/mol. The van der Waals surface area contributed by atoms with Crippen LogP contribution in [0.15, 0.2) is 46.6 Å². The third-order valence-electron chi connectivity index (χ3n) is 5.48. The van der Waals surface area contributed by atoms with E-state index in [0.717, 1.165) is 0 Å². The molecule has 1 aliphatic rings. The molecule has 0 heterocycles. The van der Waals surface area contributed by atoms with Crippen molar-refractivity contribution in [1.82, 2.24) is 0 Å². The second-order valence-electron chi connectivity index (χ2n) is 7.30. The van der Waals surface area contributed by atoms with Crippen molar-refractivity contribution < 1.29 is 54.5 Å². The van der Waals surface area contributed by atoms with E-state index in [0.29, 0.717) is 22.3 Å². The Balaban J connectivity index is 3.80. The van der Waals surface area contributed by atoms with Crippen molar-refractivity contribution in [2.45, 2.75) is 0 Å². The Morgan fingerprint density at radius 1 is 0.389 bits per heavy atom. The minimum absolute atomic E-state index is 0.174. The Morgan fingerprint density at radius 2 is 0.528 bits per heavy atom. The van der Waals surface area contributed by atoms with Gasteiger partial charge in [-0.1, -0.05) is 24.3 Å². The van der Waals surface area contributed by atoms with Crippen molar-refractivity contribution >= 4 is 30.4 Å². The lowest BCUT2D eigenvalue weighted by Crippen LogP contribution is -2.08. The van der Waals surface area contributed by atoms with Gasteiger partial charge in [0.2, 0.25) is 0 Å². The van der Waals surface area contributed by atoms with E-state index in [2.05, 4.69) is 0 Å². The van der Waals surface area contributed by atoms with Crippen LogP contribution in [-0.4, -0.2) is 81.5 Å². The van der Waals surface area contributed by atoms with Crippen LogP contribution in [0.2, 0.25) is 0 Å². The van der Waals surface area contributed by atoms with Crippen LogP contribution in [-0.2, 0) is 54.5 Å². The summed E-state index contributed by atoms with van der Waals surface area (Å²) in [5.74, 6) is 0. The Morgan fingerprint density at radius 3 is 0.639 bits per heavy atom. The summed E-state index contributed by atoms with van der Waals surface area (Å²) in [6.07, 6.45) is 5.67. The highest BCUT2D eigenvalue weighted by molar-refractivity contribution is 7.55. The van der Waals surface area contributed by atoms with E-state index < -0.39 is 30.4 Å². The Labute approximate surface area is 213 Å². The number of hydrogen-bond acceptors (Lipinski definition) is 12. The van der Waals surface area contributed by atoms with Crippen molar-refractivity contribution in [3.8, 4) is 0 Å². The molecule has 0 bridgehead atoms. The molecule has 1 rings (SSSR count). The summed E-state index contributed by atoms with van der Waals surface area (Å²) in [5.41, 5.74) is 1.76. The summed E-state index contributed by atoms with van der Waals surface area (Å²) in [6.45, 7) is 0. The molecule has 0 spiro atoms. The highest BCUT2D eigenvalue weighted by Gasteiger charge is 2.31. The van der Waals surface area contributed by atoms with Gasteiger partial charge in [0.25, 0.3) is 0 Å². The summed E-state index contributed by atoms with van der Waals surface area (Å²) >= 11 is 0. The zero-order valence-electron chi connectivity index (χ0n) is 21.8. The predicted octanol–water partition coefficient (Wildman–Crippen LogP) is 5.65. The topological polar surface area (TPSA) is 142 Å². The maximum absolute atomic E-state index is 13.0. The second-order valence-corrected chi connectivity index (χ2v) is 16.4. The predicted molar refractivity (Wildman–Crippen MR) is 138 cm³/mol. The molecule has 36 heavy (non-hydrogen) atoms. The van der Waals surface area contributed by atoms with Crippen LogP contribution in [0.25, 0.3) is 0 Å². The molecule has 0 amide bonds. The van der Waals surface area contributed by atoms with Crippen LogP contribution in [0, 0.1) is 0 Å². The number of allylic oxidation sites excluding steroid dienone is 8. The van der Waals surface area contributed by atoms with Gasteiger partial charge in [-0.3, -0.25) is 18.3 Å². The summed E-state index contributed by atoms with van der Waals surface area (Å²) in [4.78, 5) is 0. The summed E-state index contributed by atoms with van der Waals surface area (Å²) in [5, 5.41) is 0. The van der Waals surface area contributed by atoms with E-state index in [9.17, 15) is 18.3 Å². The SMILES string of the molecule is COP(=O)(CC1=C(CP(=O)(OC)OC)/C=C/C(CP(=O)(OC)OC)=C(CP(=O)(OC)OC)/C=C\1)OC. The first-order valence-electron chi connectivity index (χ1n) is 10.5. The lowest BCUT2D eigenvalue weighted by molar-refractivity contribution is 0.276. The zero-order chi connectivity index (χ0) is 27.6. The van der Waals surface area contributed by atoms with Crippen LogP contribution in [0.4, 0.5) is 0 Å². The van der Waals surface area contributed by atoms with Crippen LogP contribution < -0.4 is 0 Å².